The Morgan fingerprint density at radius 3 is 1.29 bits per heavy atom. The lowest BCUT2D eigenvalue weighted by atomic mass is 10.2. The van der Waals surface area contributed by atoms with Gasteiger partial charge < -0.3 is 0 Å². The van der Waals surface area contributed by atoms with Crippen molar-refractivity contribution in [3.8, 4) is 0 Å². The molecule has 2 rings (SSSR count). The SMILES string of the molecule is CC(C=CC=Cc1ccccc1)=CC=CC=C(C)C=CC=Cc1ccccc1. The third-order valence-electron chi connectivity index (χ3n) is 3.95. The largest absolute Gasteiger partial charge is 0.0622 e. The molecular weight excluding hydrogens is 336 g/mol. The Morgan fingerprint density at radius 1 is 0.500 bits per heavy atom. The molecule has 0 aliphatic carbocycles. The Kier molecular flexibility index (Phi) is 9.63. The molecule has 0 amide bonds. The van der Waals surface area contributed by atoms with Crippen molar-refractivity contribution in [2.75, 3.05) is 0 Å². The summed E-state index contributed by atoms with van der Waals surface area (Å²) in [6, 6.07) is 20.6. The Morgan fingerprint density at radius 2 is 0.893 bits per heavy atom. The standard InChI is InChI=1S/C28H28/c1-25(17-11-13-23-27-19-5-3-6-20-27)15-9-10-16-26(2)18-12-14-24-28-21-7-4-8-22-28/h3-24H,1-2H3. The second-order valence-electron chi connectivity index (χ2n) is 6.46. The molecular formula is C28H28. The van der Waals surface area contributed by atoms with E-state index in [1.54, 1.807) is 0 Å². The highest BCUT2D eigenvalue weighted by atomic mass is 13.9. The number of hydrogen-bond acceptors (Lipinski definition) is 0. The zero-order valence-electron chi connectivity index (χ0n) is 16.7. The summed E-state index contributed by atoms with van der Waals surface area (Å²) in [5.74, 6) is 0. The van der Waals surface area contributed by atoms with Crippen molar-refractivity contribution in [1.29, 1.82) is 0 Å². The Labute approximate surface area is 170 Å². The van der Waals surface area contributed by atoms with E-state index in [-0.39, 0.29) is 0 Å². The Bertz CT molecular complexity index is 822. The van der Waals surface area contributed by atoms with Gasteiger partial charge in [0.25, 0.3) is 0 Å². The molecule has 0 saturated carbocycles. The number of hydrogen-bond donors (Lipinski definition) is 0. The van der Waals surface area contributed by atoms with Crippen molar-refractivity contribution in [3.63, 3.8) is 0 Å². The van der Waals surface area contributed by atoms with Gasteiger partial charge in [0.1, 0.15) is 0 Å². The third kappa shape index (κ3) is 9.35. The topological polar surface area (TPSA) is 0 Å². The molecule has 0 heterocycles. The van der Waals surface area contributed by atoms with Crippen LogP contribution in [0, 0.1) is 0 Å². The molecule has 0 nitrogen and oxygen atoms in total. The summed E-state index contributed by atoms with van der Waals surface area (Å²) in [5, 5.41) is 0. The van der Waals surface area contributed by atoms with Crippen molar-refractivity contribution < 1.29 is 0 Å². The van der Waals surface area contributed by atoms with Gasteiger partial charge >= 0.3 is 0 Å². The van der Waals surface area contributed by atoms with Gasteiger partial charge in [-0.05, 0) is 25.0 Å². The molecule has 0 aromatic heterocycles. The molecule has 0 atom stereocenters. The van der Waals surface area contributed by atoms with Gasteiger partial charge in [-0.3, -0.25) is 0 Å². The van der Waals surface area contributed by atoms with Crippen LogP contribution in [0.4, 0.5) is 0 Å². The summed E-state index contributed by atoms with van der Waals surface area (Å²) in [6.07, 6.45) is 25.0. The van der Waals surface area contributed by atoms with E-state index >= 15 is 0 Å². The lowest BCUT2D eigenvalue weighted by Crippen LogP contribution is -1.69. The average molecular weight is 365 g/mol. The first kappa shape index (κ1) is 20.9. The van der Waals surface area contributed by atoms with Gasteiger partial charge in [-0.2, -0.15) is 0 Å². The summed E-state index contributed by atoms with van der Waals surface area (Å²) in [4.78, 5) is 0. The fourth-order valence-electron chi connectivity index (χ4n) is 2.40. The molecule has 0 spiro atoms. The molecule has 0 aliphatic rings. The van der Waals surface area contributed by atoms with E-state index in [0.717, 1.165) is 0 Å². The van der Waals surface area contributed by atoms with Crippen LogP contribution < -0.4 is 0 Å². The van der Waals surface area contributed by atoms with E-state index in [4.69, 9.17) is 0 Å². The summed E-state index contributed by atoms with van der Waals surface area (Å²) >= 11 is 0. The highest BCUT2D eigenvalue weighted by Gasteiger charge is 1.82. The summed E-state index contributed by atoms with van der Waals surface area (Å²) in [7, 11) is 0. The first-order valence-electron chi connectivity index (χ1n) is 9.55. The first-order chi connectivity index (χ1) is 13.7. The van der Waals surface area contributed by atoms with Crippen LogP contribution in [-0.4, -0.2) is 0 Å². The van der Waals surface area contributed by atoms with Crippen molar-refractivity contribution in [2.24, 2.45) is 0 Å². The van der Waals surface area contributed by atoms with E-state index in [0.29, 0.717) is 0 Å². The van der Waals surface area contributed by atoms with E-state index in [1.165, 1.54) is 22.3 Å². The molecule has 0 fully saturated rings. The smallest absolute Gasteiger partial charge is 0.0257 e. The maximum atomic E-state index is 2.11. The van der Waals surface area contributed by atoms with Crippen molar-refractivity contribution >= 4 is 12.2 Å². The van der Waals surface area contributed by atoms with Crippen molar-refractivity contribution in [2.45, 2.75) is 13.8 Å². The minimum absolute atomic E-state index is 1.21. The maximum Gasteiger partial charge on any atom is -0.0257 e. The number of allylic oxidation sites excluding steroid dienone is 12. The predicted octanol–water partition coefficient (Wildman–Crippen LogP) is 7.97. The van der Waals surface area contributed by atoms with Gasteiger partial charge in [0.05, 0.1) is 0 Å². The Hall–Kier alpha value is -3.38. The molecule has 0 unspecified atom stereocenters. The fourth-order valence-corrected chi connectivity index (χ4v) is 2.40. The van der Waals surface area contributed by atoms with Crippen LogP contribution in [0.2, 0.25) is 0 Å². The summed E-state index contributed by atoms with van der Waals surface area (Å²) in [5.41, 5.74) is 4.84. The van der Waals surface area contributed by atoms with Crippen LogP contribution >= 0.6 is 0 Å². The van der Waals surface area contributed by atoms with Crippen LogP contribution in [0.5, 0.6) is 0 Å². The van der Waals surface area contributed by atoms with Crippen molar-refractivity contribution in [1.82, 2.24) is 0 Å². The second-order valence-corrected chi connectivity index (χ2v) is 6.46. The van der Waals surface area contributed by atoms with E-state index in [1.807, 2.05) is 36.4 Å². The van der Waals surface area contributed by atoms with E-state index < -0.39 is 0 Å². The zero-order chi connectivity index (χ0) is 19.9. The average Bonchev–Trinajstić information content (AvgIpc) is 2.73. The van der Waals surface area contributed by atoms with Crippen LogP contribution in [-0.2, 0) is 0 Å². The van der Waals surface area contributed by atoms with Gasteiger partial charge in [0.15, 0.2) is 0 Å². The van der Waals surface area contributed by atoms with Gasteiger partial charge in [-0.25, -0.2) is 0 Å². The normalized spacial score (nSPS) is 13.8. The van der Waals surface area contributed by atoms with E-state index in [2.05, 4.69) is 111 Å². The lowest BCUT2D eigenvalue weighted by molar-refractivity contribution is 1.51. The molecule has 0 aliphatic heterocycles. The van der Waals surface area contributed by atoms with Crippen LogP contribution in [0.3, 0.4) is 0 Å². The number of rotatable bonds is 8. The van der Waals surface area contributed by atoms with Gasteiger partial charge in [-0.15, -0.1) is 0 Å². The summed E-state index contributed by atoms with van der Waals surface area (Å²) < 4.78 is 0. The third-order valence-corrected chi connectivity index (χ3v) is 3.95. The van der Waals surface area contributed by atoms with Crippen LogP contribution in [0.15, 0.2) is 133 Å². The molecule has 28 heavy (non-hydrogen) atoms. The maximum absolute atomic E-state index is 2.11. The quantitative estimate of drug-likeness (QED) is 0.417. The molecule has 0 N–H and O–H groups in total. The Balaban J connectivity index is 1.78. The second kappa shape index (κ2) is 12.9. The highest BCUT2D eigenvalue weighted by molar-refractivity contribution is 5.51. The minimum atomic E-state index is 1.21. The molecule has 0 heteroatoms. The monoisotopic (exact) mass is 364 g/mol. The molecule has 0 radical (unpaired) electrons. The molecule has 2 aromatic rings. The number of benzene rings is 2. The van der Waals surface area contributed by atoms with Gasteiger partial charge in [0.2, 0.25) is 0 Å². The van der Waals surface area contributed by atoms with Crippen LogP contribution in [0.25, 0.3) is 12.2 Å². The zero-order valence-corrected chi connectivity index (χ0v) is 16.7. The molecule has 2 aromatic carbocycles. The van der Waals surface area contributed by atoms with Gasteiger partial charge in [-0.1, -0.05) is 145 Å². The van der Waals surface area contributed by atoms with Crippen LogP contribution in [0.1, 0.15) is 25.0 Å². The molecule has 0 saturated heterocycles. The predicted molar refractivity (Wildman–Crippen MR) is 126 cm³/mol. The van der Waals surface area contributed by atoms with E-state index in [9.17, 15) is 0 Å². The highest BCUT2D eigenvalue weighted by Crippen LogP contribution is 2.04. The first-order valence-corrected chi connectivity index (χ1v) is 9.55. The van der Waals surface area contributed by atoms with Crippen molar-refractivity contribution in [3.05, 3.63) is 144 Å². The fraction of sp³-hybridized carbons (Fsp3) is 0.0714. The minimum Gasteiger partial charge on any atom is -0.0622 e. The lowest BCUT2D eigenvalue weighted by Gasteiger charge is -1.90. The molecule has 0 bridgehead atoms. The van der Waals surface area contributed by atoms with Gasteiger partial charge in [0, 0.05) is 0 Å². The summed E-state index contributed by atoms with van der Waals surface area (Å²) in [6.45, 7) is 4.20. The molecule has 140 valence electrons.